The first-order valence-electron chi connectivity index (χ1n) is 8.27. The Kier molecular flexibility index (Phi) is 6.02. The van der Waals surface area contributed by atoms with Crippen LogP contribution in [0.1, 0.15) is 30.9 Å². The number of nitrogens with zero attached hydrogens (tertiary/aromatic N) is 2. The van der Waals surface area contributed by atoms with E-state index in [0.717, 1.165) is 17.7 Å². The predicted octanol–water partition coefficient (Wildman–Crippen LogP) is 2.15. The Morgan fingerprint density at radius 2 is 1.61 bits per heavy atom. The maximum atomic E-state index is 12.2. The molecule has 0 aromatic heterocycles. The molecule has 1 saturated heterocycles. The van der Waals surface area contributed by atoms with E-state index in [0.29, 0.717) is 32.6 Å². The van der Waals surface area contributed by atoms with Gasteiger partial charge in [-0.2, -0.15) is 0 Å². The van der Waals surface area contributed by atoms with E-state index in [9.17, 15) is 9.59 Å². The van der Waals surface area contributed by atoms with E-state index in [1.807, 2.05) is 43.9 Å². The van der Waals surface area contributed by atoms with Crippen molar-refractivity contribution in [2.45, 2.75) is 33.6 Å². The second-order valence-corrected chi connectivity index (χ2v) is 6.05. The summed E-state index contributed by atoms with van der Waals surface area (Å²) in [6.45, 7) is 8.53. The fourth-order valence-corrected chi connectivity index (χ4v) is 2.62. The van der Waals surface area contributed by atoms with Gasteiger partial charge in [-0.3, -0.25) is 9.59 Å². The maximum Gasteiger partial charge on any atom is 0.260 e. The normalized spacial score (nSPS) is 14.7. The van der Waals surface area contributed by atoms with Crippen LogP contribution in [0, 0.1) is 13.8 Å². The molecule has 1 aliphatic heterocycles. The topological polar surface area (TPSA) is 49.9 Å². The second-order valence-electron chi connectivity index (χ2n) is 6.05. The molecule has 0 radical (unpaired) electrons. The van der Waals surface area contributed by atoms with Crippen LogP contribution in [0.2, 0.25) is 0 Å². The van der Waals surface area contributed by atoms with Crippen molar-refractivity contribution in [2.24, 2.45) is 0 Å². The van der Waals surface area contributed by atoms with Gasteiger partial charge in [-0.1, -0.05) is 13.0 Å². The number of carbonyl (C=O) groups excluding carboxylic acids is 2. The lowest BCUT2D eigenvalue weighted by atomic mass is 10.1. The van der Waals surface area contributed by atoms with Crippen LogP contribution in [0.15, 0.2) is 18.2 Å². The number of hydrogen-bond donors (Lipinski definition) is 0. The van der Waals surface area contributed by atoms with Gasteiger partial charge in [-0.15, -0.1) is 0 Å². The van der Waals surface area contributed by atoms with E-state index < -0.39 is 0 Å². The average molecular weight is 318 g/mol. The van der Waals surface area contributed by atoms with Crippen molar-refractivity contribution >= 4 is 11.8 Å². The third kappa shape index (κ3) is 4.71. The number of hydrogen-bond acceptors (Lipinski definition) is 3. The minimum atomic E-state index is -0.0224. The van der Waals surface area contributed by atoms with Gasteiger partial charge < -0.3 is 14.5 Å². The van der Waals surface area contributed by atoms with Gasteiger partial charge >= 0.3 is 0 Å². The minimum absolute atomic E-state index is 0.0224. The summed E-state index contributed by atoms with van der Waals surface area (Å²) in [6, 6.07) is 5.83. The largest absolute Gasteiger partial charge is 0.484 e. The number of amides is 2. The molecule has 0 N–H and O–H groups in total. The van der Waals surface area contributed by atoms with Crippen LogP contribution in [0.3, 0.4) is 0 Å². The fourth-order valence-electron chi connectivity index (χ4n) is 2.62. The summed E-state index contributed by atoms with van der Waals surface area (Å²) in [6.07, 6.45) is 1.45. The Balaban J connectivity index is 1.79. The van der Waals surface area contributed by atoms with E-state index in [4.69, 9.17) is 4.74 Å². The molecular formula is C18H26N2O3. The molecule has 1 aromatic carbocycles. The molecule has 1 aromatic rings. The van der Waals surface area contributed by atoms with Crippen LogP contribution in [-0.4, -0.2) is 54.4 Å². The molecule has 2 amide bonds. The van der Waals surface area contributed by atoms with Crippen LogP contribution < -0.4 is 4.74 Å². The number of aryl methyl sites for hydroxylation is 2. The van der Waals surface area contributed by atoms with E-state index in [1.165, 1.54) is 5.56 Å². The lowest BCUT2D eigenvalue weighted by Gasteiger charge is -2.34. The summed E-state index contributed by atoms with van der Waals surface area (Å²) in [5.74, 6) is 0.884. The number of rotatable bonds is 5. The van der Waals surface area contributed by atoms with Gasteiger partial charge in [-0.05, 0) is 43.5 Å². The first-order valence-corrected chi connectivity index (χ1v) is 8.27. The molecule has 5 heteroatoms. The summed E-state index contributed by atoms with van der Waals surface area (Å²) in [4.78, 5) is 27.7. The summed E-state index contributed by atoms with van der Waals surface area (Å²) < 4.78 is 5.60. The molecule has 1 fully saturated rings. The van der Waals surface area contributed by atoms with Gasteiger partial charge in [0.05, 0.1) is 0 Å². The third-order valence-electron chi connectivity index (χ3n) is 4.29. The Morgan fingerprint density at radius 3 is 2.17 bits per heavy atom. The first kappa shape index (κ1) is 17.3. The quantitative estimate of drug-likeness (QED) is 0.836. The Labute approximate surface area is 138 Å². The van der Waals surface area contributed by atoms with Crippen molar-refractivity contribution in [3.05, 3.63) is 29.3 Å². The van der Waals surface area contributed by atoms with Crippen LogP contribution in [-0.2, 0) is 9.59 Å². The van der Waals surface area contributed by atoms with Crippen molar-refractivity contribution in [1.82, 2.24) is 9.80 Å². The van der Waals surface area contributed by atoms with Crippen molar-refractivity contribution in [1.29, 1.82) is 0 Å². The van der Waals surface area contributed by atoms with Crippen LogP contribution in [0.25, 0.3) is 0 Å². The van der Waals surface area contributed by atoms with Gasteiger partial charge in [0.25, 0.3) is 5.91 Å². The van der Waals surface area contributed by atoms with Crippen LogP contribution in [0.4, 0.5) is 0 Å². The molecule has 23 heavy (non-hydrogen) atoms. The number of piperazine rings is 1. The highest BCUT2D eigenvalue weighted by Crippen LogP contribution is 2.16. The van der Waals surface area contributed by atoms with E-state index >= 15 is 0 Å². The van der Waals surface area contributed by atoms with Gasteiger partial charge in [0.2, 0.25) is 5.91 Å². The molecule has 0 spiro atoms. The zero-order valence-corrected chi connectivity index (χ0v) is 14.3. The monoisotopic (exact) mass is 318 g/mol. The lowest BCUT2D eigenvalue weighted by molar-refractivity contribution is -0.140. The van der Waals surface area contributed by atoms with Gasteiger partial charge in [0.1, 0.15) is 5.75 Å². The summed E-state index contributed by atoms with van der Waals surface area (Å²) in [5, 5.41) is 0. The molecule has 0 unspecified atom stereocenters. The molecule has 0 bridgehead atoms. The van der Waals surface area contributed by atoms with Crippen molar-refractivity contribution in [3.8, 4) is 5.75 Å². The molecule has 0 saturated carbocycles. The Morgan fingerprint density at radius 1 is 1.00 bits per heavy atom. The van der Waals surface area contributed by atoms with Crippen LogP contribution >= 0.6 is 0 Å². The molecular weight excluding hydrogens is 292 g/mol. The van der Waals surface area contributed by atoms with E-state index in [1.54, 1.807) is 4.90 Å². The van der Waals surface area contributed by atoms with E-state index in [-0.39, 0.29) is 18.4 Å². The van der Waals surface area contributed by atoms with Crippen LogP contribution in [0.5, 0.6) is 5.75 Å². The smallest absolute Gasteiger partial charge is 0.260 e. The predicted molar refractivity (Wildman–Crippen MR) is 89.5 cm³/mol. The highest BCUT2D eigenvalue weighted by Gasteiger charge is 2.23. The van der Waals surface area contributed by atoms with Gasteiger partial charge in [0, 0.05) is 32.6 Å². The SMILES string of the molecule is CCCC(=O)N1CCN(C(=O)COc2ccc(C)c(C)c2)CC1. The second kappa shape index (κ2) is 7.99. The molecule has 0 aliphatic carbocycles. The molecule has 1 heterocycles. The van der Waals surface area contributed by atoms with E-state index in [2.05, 4.69) is 0 Å². The molecule has 5 nitrogen and oxygen atoms in total. The highest BCUT2D eigenvalue weighted by molar-refractivity contribution is 5.79. The molecule has 1 aliphatic rings. The molecule has 2 rings (SSSR count). The number of ether oxygens (including phenoxy) is 1. The third-order valence-corrected chi connectivity index (χ3v) is 4.29. The highest BCUT2D eigenvalue weighted by atomic mass is 16.5. The summed E-state index contributed by atoms with van der Waals surface area (Å²) in [7, 11) is 0. The Hall–Kier alpha value is -2.04. The molecule has 0 atom stereocenters. The Bertz CT molecular complexity index is 563. The number of carbonyl (C=O) groups is 2. The zero-order valence-electron chi connectivity index (χ0n) is 14.3. The maximum absolute atomic E-state index is 12.2. The van der Waals surface area contributed by atoms with Crippen molar-refractivity contribution in [3.63, 3.8) is 0 Å². The summed E-state index contributed by atoms with van der Waals surface area (Å²) in [5.41, 5.74) is 2.36. The number of benzene rings is 1. The van der Waals surface area contributed by atoms with Crippen molar-refractivity contribution < 1.29 is 14.3 Å². The van der Waals surface area contributed by atoms with Gasteiger partial charge in [-0.25, -0.2) is 0 Å². The average Bonchev–Trinajstić information content (AvgIpc) is 2.56. The first-order chi connectivity index (χ1) is 11.0. The minimum Gasteiger partial charge on any atom is -0.484 e. The summed E-state index contributed by atoms with van der Waals surface area (Å²) >= 11 is 0. The van der Waals surface area contributed by atoms with Gasteiger partial charge in [0.15, 0.2) is 6.61 Å². The zero-order chi connectivity index (χ0) is 16.8. The standard InChI is InChI=1S/C18H26N2O3/c1-4-5-17(21)19-8-10-20(11-9-19)18(22)13-23-16-7-6-14(2)15(3)12-16/h6-7,12H,4-5,8-11,13H2,1-3H3. The van der Waals surface area contributed by atoms with Crippen molar-refractivity contribution in [2.75, 3.05) is 32.8 Å². The lowest BCUT2D eigenvalue weighted by Crippen LogP contribution is -2.51. The fraction of sp³-hybridized carbons (Fsp3) is 0.556. The molecule has 126 valence electrons.